The lowest BCUT2D eigenvalue weighted by Crippen LogP contribution is -2.30. The second kappa shape index (κ2) is 6.47. The summed E-state index contributed by atoms with van der Waals surface area (Å²) in [6.45, 7) is 0.283. The first-order valence-electron chi connectivity index (χ1n) is 5.25. The fraction of sp³-hybridized carbons (Fsp3) is 0.417. The van der Waals surface area contributed by atoms with Crippen molar-refractivity contribution in [1.29, 1.82) is 0 Å². The van der Waals surface area contributed by atoms with Crippen LogP contribution in [-0.2, 0) is 11.2 Å². The van der Waals surface area contributed by atoms with Crippen LogP contribution >= 0.6 is 11.6 Å². The Morgan fingerprint density at radius 2 is 2.24 bits per heavy atom. The summed E-state index contributed by atoms with van der Waals surface area (Å²) < 4.78 is 5.03. The minimum Gasteiger partial charge on any atom is -0.497 e. The summed E-state index contributed by atoms with van der Waals surface area (Å²) >= 11 is 6.03. The van der Waals surface area contributed by atoms with Crippen LogP contribution in [-0.4, -0.2) is 43.2 Å². The van der Waals surface area contributed by atoms with E-state index in [9.17, 15) is 4.79 Å². The first-order valence-corrected chi connectivity index (χ1v) is 5.63. The first kappa shape index (κ1) is 13.8. The lowest BCUT2D eigenvalue weighted by atomic mass is 10.1. The van der Waals surface area contributed by atoms with Crippen molar-refractivity contribution in [3.63, 3.8) is 0 Å². The molecule has 1 amide bonds. The van der Waals surface area contributed by atoms with Crippen LogP contribution in [0.25, 0.3) is 0 Å². The van der Waals surface area contributed by atoms with E-state index >= 15 is 0 Å². The number of benzene rings is 1. The Bertz CT molecular complexity index is 395. The van der Waals surface area contributed by atoms with Gasteiger partial charge >= 0.3 is 0 Å². The van der Waals surface area contributed by atoms with Crippen molar-refractivity contribution in [2.75, 3.05) is 27.3 Å². The molecule has 94 valence electrons. The molecule has 0 atom stereocenters. The fourth-order valence-electron chi connectivity index (χ4n) is 1.37. The predicted molar refractivity (Wildman–Crippen MR) is 66.4 cm³/mol. The monoisotopic (exact) mass is 257 g/mol. The molecule has 4 nitrogen and oxygen atoms in total. The van der Waals surface area contributed by atoms with E-state index in [1.807, 2.05) is 0 Å². The molecule has 0 aliphatic carbocycles. The molecule has 0 bridgehead atoms. The number of ether oxygens (including phenoxy) is 1. The number of amides is 1. The highest BCUT2D eigenvalue weighted by atomic mass is 35.5. The second-order valence-corrected chi connectivity index (χ2v) is 4.08. The maximum Gasteiger partial charge on any atom is 0.226 e. The van der Waals surface area contributed by atoms with Crippen molar-refractivity contribution in [3.8, 4) is 5.75 Å². The number of likely N-dealkylation sites (N-methyl/N-ethyl adjacent to an activating group) is 1. The largest absolute Gasteiger partial charge is 0.497 e. The molecule has 0 aromatic heterocycles. The van der Waals surface area contributed by atoms with Crippen LogP contribution in [0.1, 0.15) is 5.56 Å². The molecular formula is C12H16ClNO3. The third-order valence-corrected chi connectivity index (χ3v) is 2.81. The zero-order chi connectivity index (χ0) is 12.8. The van der Waals surface area contributed by atoms with Gasteiger partial charge in [0.2, 0.25) is 5.91 Å². The second-order valence-electron chi connectivity index (χ2n) is 3.67. The Labute approximate surface area is 106 Å². The Morgan fingerprint density at radius 1 is 1.53 bits per heavy atom. The number of rotatable bonds is 5. The van der Waals surface area contributed by atoms with Gasteiger partial charge in [-0.2, -0.15) is 0 Å². The predicted octanol–water partition coefficient (Wildman–Crippen LogP) is 1.34. The van der Waals surface area contributed by atoms with E-state index in [1.165, 1.54) is 4.90 Å². The molecule has 0 spiro atoms. The van der Waals surface area contributed by atoms with Gasteiger partial charge in [-0.25, -0.2) is 0 Å². The molecule has 5 heteroatoms. The van der Waals surface area contributed by atoms with Crippen molar-refractivity contribution in [2.24, 2.45) is 0 Å². The van der Waals surface area contributed by atoms with Gasteiger partial charge in [-0.05, 0) is 17.7 Å². The summed E-state index contributed by atoms with van der Waals surface area (Å²) in [4.78, 5) is 13.2. The number of hydrogen-bond acceptors (Lipinski definition) is 3. The minimum atomic E-state index is -0.0777. The molecule has 0 saturated heterocycles. The maximum absolute atomic E-state index is 11.7. The highest BCUT2D eigenvalue weighted by Gasteiger charge is 2.11. The molecule has 1 aromatic rings. The summed E-state index contributed by atoms with van der Waals surface area (Å²) in [5.74, 6) is 0.584. The molecule has 17 heavy (non-hydrogen) atoms. The van der Waals surface area contributed by atoms with Crippen LogP contribution in [0.4, 0.5) is 0 Å². The van der Waals surface area contributed by atoms with E-state index in [-0.39, 0.29) is 18.9 Å². The topological polar surface area (TPSA) is 49.8 Å². The highest BCUT2D eigenvalue weighted by molar-refractivity contribution is 6.31. The smallest absolute Gasteiger partial charge is 0.226 e. The summed E-state index contributed by atoms with van der Waals surface area (Å²) in [5, 5.41) is 9.25. The average Bonchev–Trinajstić information content (AvgIpc) is 2.31. The number of carbonyl (C=O) groups excluding carboxylic acids is 1. The van der Waals surface area contributed by atoms with Gasteiger partial charge in [0.05, 0.1) is 20.1 Å². The Hall–Kier alpha value is -1.26. The van der Waals surface area contributed by atoms with Crippen LogP contribution in [0.5, 0.6) is 5.75 Å². The third-order valence-electron chi connectivity index (χ3n) is 2.46. The summed E-state index contributed by atoms with van der Waals surface area (Å²) in [5.41, 5.74) is 0.752. The van der Waals surface area contributed by atoms with Gasteiger partial charge in [-0.3, -0.25) is 4.79 Å². The number of nitrogens with zero attached hydrogens (tertiary/aromatic N) is 1. The molecular weight excluding hydrogens is 242 g/mol. The molecule has 1 aromatic carbocycles. The minimum absolute atomic E-state index is 0.0431. The lowest BCUT2D eigenvalue weighted by molar-refractivity contribution is -0.129. The molecule has 1 N–H and O–H groups in total. The molecule has 1 rings (SSSR count). The Morgan fingerprint density at radius 3 is 2.76 bits per heavy atom. The molecule has 0 aliphatic rings. The molecule has 0 saturated carbocycles. The zero-order valence-electron chi connectivity index (χ0n) is 9.94. The van der Waals surface area contributed by atoms with Crippen LogP contribution < -0.4 is 4.74 Å². The summed E-state index contributed by atoms with van der Waals surface area (Å²) in [6, 6.07) is 5.21. The lowest BCUT2D eigenvalue weighted by Gasteiger charge is -2.16. The number of carbonyl (C=O) groups is 1. The highest BCUT2D eigenvalue weighted by Crippen LogP contribution is 2.22. The Kier molecular flexibility index (Phi) is 5.25. The quantitative estimate of drug-likeness (QED) is 0.866. The van der Waals surface area contributed by atoms with Gasteiger partial charge < -0.3 is 14.7 Å². The summed E-state index contributed by atoms with van der Waals surface area (Å²) in [6.07, 6.45) is 0.222. The number of hydrogen-bond donors (Lipinski definition) is 1. The van der Waals surface area contributed by atoms with Crippen molar-refractivity contribution in [2.45, 2.75) is 6.42 Å². The van der Waals surface area contributed by atoms with Gasteiger partial charge in [0, 0.05) is 18.6 Å². The zero-order valence-corrected chi connectivity index (χ0v) is 10.7. The van der Waals surface area contributed by atoms with Crippen LogP contribution in [0.2, 0.25) is 5.02 Å². The number of methoxy groups -OCH3 is 1. The van der Waals surface area contributed by atoms with Gasteiger partial charge in [-0.15, -0.1) is 0 Å². The van der Waals surface area contributed by atoms with Crippen molar-refractivity contribution in [3.05, 3.63) is 28.8 Å². The fourth-order valence-corrected chi connectivity index (χ4v) is 1.61. The van der Waals surface area contributed by atoms with E-state index in [2.05, 4.69) is 0 Å². The van der Waals surface area contributed by atoms with Gasteiger partial charge in [0.25, 0.3) is 0 Å². The van der Waals surface area contributed by atoms with Crippen LogP contribution in [0.15, 0.2) is 18.2 Å². The van der Waals surface area contributed by atoms with Gasteiger partial charge in [0.15, 0.2) is 0 Å². The summed E-state index contributed by atoms with van der Waals surface area (Å²) in [7, 11) is 3.21. The van der Waals surface area contributed by atoms with Gasteiger partial charge in [-0.1, -0.05) is 17.7 Å². The maximum atomic E-state index is 11.7. The third kappa shape index (κ3) is 3.91. The SMILES string of the molecule is COc1ccc(CC(=O)N(C)CCO)c(Cl)c1. The molecule has 0 fully saturated rings. The molecule has 0 unspecified atom stereocenters. The number of aliphatic hydroxyl groups is 1. The van der Waals surface area contributed by atoms with E-state index in [4.69, 9.17) is 21.4 Å². The normalized spacial score (nSPS) is 10.1. The van der Waals surface area contributed by atoms with Gasteiger partial charge in [0.1, 0.15) is 5.75 Å². The van der Waals surface area contributed by atoms with Crippen LogP contribution in [0.3, 0.4) is 0 Å². The van der Waals surface area contributed by atoms with Crippen LogP contribution in [0, 0.1) is 0 Å². The Balaban J connectivity index is 2.71. The van der Waals surface area contributed by atoms with E-state index in [0.717, 1.165) is 5.56 Å². The van der Waals surface area contributed by atoms with E-state index in [0.29, 0.717) is 17.3 Å². The first-order chi connectivity index (χ1) is 8.08. The van der Waals surface area contributed by atoms with Crippen molar-refractivity contribution >= 4 is 17.5 Å². The molecule has 0 radical (unpaired) electrons. The van der Waals surface area contributed by atoms with E-state index in [1.54, 1.807) is 32.4 Å². The number of aliphatic hydroxyl groups excluding tert-OH is 1. The van der Waals surface area contributed by atoms with Crippen molar-refractivity contribution in [1.82, 2.24) is 4.90 Å². The standard InChI is InChI=1S/C12H16ClNO3/c1-14(5-6-15)12(16)7-9-3-4-10(17-2)8-11(9)13/h3-4,8,15H,5-7H2,1-2H3. The molecule has 0 heterocycles. The van der Waals surface area contributed by atoms with Crippen molar-refractivity contribution < 1.29 is 14.6 Å². The number of halogens is 1. The average molecular weight is 258 g/mol. The molecule has 0 aliphatic heterocycles. The van der Waals surface area contributed by atoms with E-state index < -0.39 is 0 Å².